The van der Waals surface area contributed by atoms with Crippen molar-refractivity contribution in [2.75, 3.05) is 13.1 Å². The number of aryl methyl sites for hydroxylation is 3. The first-order valence-electron chi connectivity index (χ1n) is 8.99. The Bertz CT molecular complexity index is 972. The van der Waals surface area contributed by atoms with E-state index in [-0.39, 0.29) is 11.8 Å². The van der Waals surface area contributed by atoms with Gasteiger partial charge in [0.1, 0.15) is 0 Å². The second kappa shape index (κ2) is 6.29. The van der Waals surface area contributed by atoms with Gasteiger partial charge in [-0.2, -0.15) is 5.10 Å². The quantitative estimate of drug-likeness (QED) is 0.677. The van der Waals surface area contributed by atoms with E-state index in [1.807, 2.05) is 38.1 Å². The molecule has 6 heteroatoms. The third kappa shape index (κ3) is 2.90. The third-order valence-electron chi connectivity index (χ3n) is 5.48. The van der Waals surface area contributed by atoms with Gasteiger partial charge in [0.2, 0.25) is 0 Å². The maximum absolute atomic E-state index is 12.9. The molecular formula is C20H24N4O2. The van der Waals surface area contributed by atoms with Gasteiger partial charge in [-0.25, -0.2) is 0 Å². The van der Waals surface area contributed by atoms with Crippen LogP contribution in [0.3, 0.4) is 0 Å². The lowest BCUT2D eigenvalue weighted by molar-refractivity contribution is 0.0765. The summed E-state index contributed by atoms with van der Waals surface area (Å²) in [4.78, 5) is 18.0. The topological polar surface area (TPSA) is 85.0 Å². The second-order valence-corrected chi connectivity index (χ2v) is 7.42. The fourth-order valence-corrected chi connectivity index (χ4v) is 3.85. The Balaban J connectivity index is 1.52. The van der Waals surface area contributed by atoms with Crippen LogP contribution in [0, 0.1) is 26.7 Å². The summed E-state index contributed by atoms with van der Waals surface area (Å²) in [5.74, 6) is -0.00784. The number of carbonyl (C=O) groups is 1. The number of aliphatic hydroxyl groups is 1. The molecule has 0 spiro atoms. The summed E-state index contributed by atoms with van der Waals surface area (Å²) in [6.45, 7) is 6.97. The monoisotopic (exact) mass is 352 g/mol. The molecule has 3 heterocycles. The SMILES string of the molecule is Cc1cc(C[C@@H]2CN(C(=O)c3ccc4[nH]c(C)c(C)c4c3)C[C@@H]2O)n[nH]1. The predicted octanol–water partition coefficient (Wildman–Crippen LogP) is 2.49. The minimum atomic E-state index is -0.518. The van der Waals surface area contributed by atoms with Crippen LogP contribution in [-0.2, 0) is 6.42 Å². The van der Waals surface area contributed by atoms with Gasteiger partial charge in [-0.15, -0.1) is 0 Å². The van der Waals surface area contributed by atoms with E-state index in [0.29, 0.717) is 25.1 Å². The number of H-pyrrole nitrogens is 2. The molecule has 4 rings (SSSR count). The zero-order valence-corrected chi connectivity index (χ0v) is 15.3. The lowest BCUT2D eigenvalue weighted by Gasteiger charge is -2.16. The fraction of sp³-hybridized carbons (Fsp3) is 0.400. The summed E-state index contributed by atoms with van der Waals surface area (Å²) in [6, 6.07) is 7.76. The number of β-amino-alcohol motifs (C(OH)–C–C–N with tert-alkyl or cyclic N) is 1. The molecule has 0 aliphatic carbocycles. The van der Waals surface area contributed by atoms with E-state index in [9.17, 15) is 9.90 Å². The molecule has 1 aliphatic heterocycles. The number of aromatic amines is 2. The molecule has 136 valence electrons. The molecule has 6 nitrogen and oxygen atoms in total. The summed E-state index contributed by atoms with van der Waals surface area (Å²) in [5, 5.41) is 18.7. The van der Waals surface area contributed by atoms with Gasteiger partial charge in [0.05, 0.1) is 11.8 Å². The number of hydrogen-bond acceptors (Lipinski definition) is 3. The van der Waals surface area contributed by atoms with E-state index >= 15 is 0 Å². The van der Waals surface area contributed by atoms with Crippen molar-refractivity contribution in [3.8, 4) is 0 Å². The number of fused-ring (bicyclic) bond motifs is 1. The van der Waals surface area contributed by atoms with Crippen molar-refractivity contribution in [1.29, 1.82) is 0 Å². The van der Waals surface area contributed by atoms with Crippen molar-refractivity contribution in [3.63, 3.8) is 0 Å². The van der Waals surface area contributed by atoms with Gasteiger partial charge in [-0.05, 0) is 57.0 Å². The number of rotatable bonds is 3. The Morgan fingerprint density at radius 2 is 2.08 bits per heavy atom. The van der Waals surface area contributed by atoms with Gasteiger partial charge in [0, 0.05) is 46.9 Å². The number of amides is 1. The number of hydrogen-bond donors (Lipinski definition) is 3. The maximum atomic E-state index is 12.9. The molecule has 0 unspecified atom stereocenters. The molecular weight excluding hydrogens is 328 g/mol. The first-order valence-corrected chi connectivity index (χ1v) is 8.99. The van der Waals surface area contributed by atoms with Crippen molar-refractivity contribution in [2.24, 2.45) is 5.92 Å². The number of aliphatic hydroxyl groups excluding tert-OH is 1. The van der Waals surface area contributed by atoms with E-state index in [1.54, 1.807) is 4.90 Å². The van der Waals surface area contributed by atoms with E-state index in [4.69, 9.17) is 0 Å². The molecule has 26 heavy (non-hydrogen) atoms. The smallest absolute Gasteiger partial charge is 0.253 e. The van der Waals surface area contributed by atoms with Crippen molar-refractivity contribution in [1.82, 2.24) is 20.1 Å². The van der Waals surface area contributed by atoms with Gasteiger partial charge >= 0.3 is 0 Å². The van der Waals surface area contributed by atoms with Crippen molar-refractivity contribution in [3.05, 3.63) is 52.5 Å². The Morgan fingerprint density at radius 3 is 2.81 bits per heavy atom. The summed E-state index contributed by atoms with van der Waals surface area (Å²) >= 11 is 0. The lowest BCUT2D eigenvalue weighted by atomic mass is 10.00. The molecule has 1 amide bonds. The molecule has 1 fully saturated rings. The zero-order chi connectivity index (χ0) is 18.4. The lowest BCUT2D eigenvalue weighted by Crippen LogP contribution is -2.29. The Hall–Kier alpha value is -2.60. The number of aromatic nitrogens is 3. The van der Waals surface area contributed by atoms with Gasteiger partial charge < -0.3 is 15.0 Å². The predicted molar refractivity (Wildman–Crippen MR) is 100 cm³/mol. The van der Waals surface area contributed by atoms with Crippen LogP contribution in [-0.4, -0.2) is 50.3 Å². The van der Waals surface area contributed by atoms with Gasteiger partial charge in [0.25, 0.3) is 5.91 Å². The molecule has 2 atom stereocenters. The Labute approximate surface area is 152 Å². The minimum Gasteiger partial charge on any atom is -0.391 e. The Kier molecular flexibility index (Phi) is 4.07. The molecule has 1 aliphatic rings. The molecule has 3 N–H and O–H groups in total. The van der Waals surface area contributed by atoms with Gasteiger partial charge in [-0.1, -0.05) is 0 Å². The highest BCUT2D eigenvalue weighted by molar-refractivity contribution is 5.99. The van der Waals surface area contributed by atoms with Crippen LogP contribution in [0.1, 0.15) is 33.0 Å². The summed E-state index contributed by atoms with van der Waals surface area (Å²) < 4.78 is 0. The normalized spacial score (nSPS) is 20.2. The van der Waals surface area contributed by atoms with Crippen LogP contribution in [0.4, 0.5) is 0 Å². The molecule has 0 radical (unpaired) electrons. The number of carbonyl (C=O) groups excluding carboxylic acids is 1. The number of benzene rings is 1. The first-order chi connectivity index (χ1) is 12.4. The van der Waals surface area contributed by atoms with E-state index < -0.39 is 6.10 Å². The highest BCUT2D eigenvalue weighted by atomic mass is 16.3. The van der Waals surface area contributed by atoms with Crippen LogP contribution in [0.25, 0.3) is 10.9 Å². The van der Waals surface area contributed by atoms with Gasteiger partial charge in [0.15, 0.2) is 0 Å². The fourth-order valence-electron chi connectivity index (χ4n) is 3.85. The average Bonchev–Trinajstić information content (AvgIpc) is 3.27. The van der Waals surface area contributed by atoms with Crippen molar-refractivity contribution < 1.29 is 9.90 Å². The molecule has 1 aromatic carbocycles. The van der Waals surface area contributed by atoms with Crippen LogP contribution in [0.15, 0.2) is 24.3 Å². The van der Waals surface area contributed by atoms with Crippen molar-refractivity contribution >= 4 is 16.8 Å². The number of nitrogens with zero attached hydrogens (tertiary/aromatic N) is 2. The molecule has 2 aromatic heterocycles. The van der Waals surface area contributed by atoms with E-state index in [0.717, 1.165) is 28.0 Å². The largest absolute Gasteiger partial charge is 0.391 e. The van der Waals surface area contributed by atoms with Crippen LogP contribution >= 0.6 is 0 Å². The third-order valence-corrected chi connectivity index (χ3v) is 5.48. The van der Waals surface area contributed by atoms with Crippen molar-refractivity contribution in [2.45, 2.75) is 33.3 Å². The number of likely N-dealkylation sites (tertiary alicyclic amines) is 1. The molecule has 3 aromatic rings. The van der Waals surface area contributed by atoms with Gasteiger partial charge in [-0.3, -0.25) is 9.89 Å². The summed E-state index contributed by atoms with van der Waals surface area (Å²) in [5.41, 5.74) is 5.94. The Morgan fingerprint density at radius 1 is 1.27 bits per heavy atom. The maximum Gasteiger partial charge on any atom is 0.253 e. The zero-order valence-electron chi connectivity index (χ0n) is 15.3. The van der Waals surface area contributed by atoms with Crippen LogP contribution in [0.5, 0.6) is 0 Å². The minimum absolute atomic E-state index is 0.0154. The standard InChI is InChI=1S/C20H24N4O2/c1-11-6-16(23-22-11)7-15-9-24(10-19(15)25)20(26)14-4-5-18-17(8-14)12(2)13(3)21-18/h4-6,8,15,19,21,25H,7,9-10H2,1-3H3,(H,22,23)/t15-,19+/m1/s1. The second-order valence-electron chi connectivity index (χ2n) is 7.42. The molecule has 0 bridgehead atoms. The summed E-state index contributed by atoms with van der Waals surface area (Å²) in [6.07, 6.45) is 0.153. The average molecular weight is 352 g/mol. The molecule has 0 saturated carbocycles. The van der Waals surface area contributed by atoms with E-state index in [1.165, 1.54) is 5.56 Å². The highest BCUT2D eigenvalue weighted by Crippen LogP contribution is 2.26. The first kappa shape index (κ1) is 16.8. The van der Waals surface area contributed by atoms with E-state index in [2.05, 4.69) is 22.1 Å². The van der Waals surface area contributed by atoms with Crippen LogP contribution < -0.4 is 0 Å². The highest BCUT2D eigenvalue weighted by Gasteiger charge is 2.34. The molecule has 1 saturated heterocycles. The summed E-state index contributed by atoms with van der Waals surface area (Å²) in [7, 11) is 0. The van der Waals surface area contributed by atoms with Crippen LogP contribution in [0.2, 0.25) is 0 Å². The number of nitrogens with one attached hydrogen (secondary N) is 2.